The number of aliphatic hydroxyl groups excluding tert-OH is 1. The van der Waals surface area contributed by atoms with Crippen LogP contribution in [0.1, 0.15) is 17.2 Å². The van der Waals surface area contributed by atoms with Crippen LogP contribution in [0.15, 0.2) is 84.4 Å². The SMILES string of the molecule is COc1ccc(C2/C(=C(\O)c3ccccc3)C(=O)C(=O)N2c2cccc(F)c2)cc1. The zero-order valence-corrected chi connectivity index (χ0v) is 16.1. The molecular formula is C24H18FNO4. The second kappa shape index (κ2) is 7.83. The lowest BCUT2D eigenvalue weighted by atomic mass is 9.95. The number of benzene rings is 3. The molecule has 0 saturated carbocycles. The molecule has 1 atom stereocenters. The molecule has 4 rings (SSSR count). The van der Waals surface area contributed by atoms with E-state index in [1.807, 2.05) is 0 Å². The predicted octanol–water partition coefficient (Wildman–Crippen LogP) is 4.46. The van der Waals surface area contributed by atoms with Gasteiger partial charge in [-0.05, 0) is 35.9 Å². The summed E-state index contributed by atoms with van der Waals surface area (Å²) in [5.74, 6) is -1.88. The highest BCUT2D eigenvalue weighted by Crippen LogP contribution is 2.42. The van der Waals surface area contributed by atoms with Crippen LogP contribution in [-0.4, -0.2) is 23.9 Å². The quantitative estimate of drug-likeness (QED) is 0.397. The van der Waals surface area contributed by atoms with Gasteiger partial charge in [-0.3, -0.25) is 14.5 Å². The van der Waals surface area contributed by atoms with Gasteiger partial charge in [0.15, 0.2) is 0 Å². The van der Waals surface area contributed by atoms with E-state index in [2.05, 4.69) is 0 Å². The zero-order chi connectivity index (χ0) is 21.3. The Morgan fingerprint density at radius 3 is 2.30 bits per heavy atom. The molecule has 1 unspecified atom stereocenters. The number of aliphatic hydroxyl groups is 1. The van der Waals surface area contributed by atoms with Crippen LogP contribution in [0.2, 0.25) is 0 Å². The molecule has 1 N–H and O–H groups in total. The smallest absolute Gasteiger partial charge is 0.300 e. The van der Waals surface area contributed by atoms with Gasteiger partial charge in [-0.1, -0.05) is 48.5 Å². The molecule has 30 heavy (non-hydrogen) atoms. The van der Waals surface area contributed by atoms with E-state index in [1.165, 1.54) is 30.2 Å². The molecule has 1 fully saturated rings. The van der Waals surface area contributed by atoms with Crippen molar-refractivity contribution in [1.82, 2.24) is 0 Å². The minimum Gasteiger partial charge on any atom is -0.507 e. The van der Waals surface area contributed by atoms with E-state index in [4.69, 9.17) is 4.74 Å². The fourth-order valence-electron chi connectivity index (χ4n) is 3.58. The maximum Gasteiger partial charge on any atom is 0.300 e. The molecule has 1 aliphatic heterocycles. The van der Waals surface area contributed by atoms with Crippen LogP contribution in [0, 0.1) is 5.82 Å². The molecule has 1 heterocycles. The minimum atomic E-state index is -0.919. The van der Waals surface area contributed by atoms with Crippen molar-refractivity contribution >= 4 is 23.1 Å². The summed E-state index contributed by atoms with van der Waals surface area (Å²) in [7, 11) is 1.53. The van der Waals surface area contributed by atoms with Crippen molar-refractivity contribution in [2.75, 3.05) is 12.0 Å². The fourth-order valence-corrected chi connectivity index (χ4v) is 3.58. The van der Waals surface area contributed by atoms with Crippen molar-refractivity contribution in [2.45, 2.75) is 6.04 Å². The third kappa shape index (κ3) is 3.33. The lowest BCUT2D eigenvalue weighted by Gasteiger charge is -2.25. The summed E-state index contributed by atoms with van der Waals surface area (Å²) in [5, 5.41) is 10.9. The number of carbonyl (C=O) groups is 2. The Kier molecular flexibility index (Phi) is 5.06. The molecule has 3 aromatic carbocycles. The highest BCUT2D eigenvalue weighted by molar-refractivity contribution is 6.51. The van der Waals surface area contributed by atoms with Crippen molar-refractivity contribution in [2.24, 2.45) is 0 Å². The molecule has 1 saturated heterocycles. The first-order valence-corrected chi connectivity index (χ1v) is 9.27. The summed E-state index contributed by atoms with van der Waals surface area (Å²) in [5.41, 5.74) is 1.16. The second-order valence-electron chi connectivity index (χ2n) is 6.79. The molecule has 1 aliphatic rings. The van der Waals surface area contributed by atoms with Gasteiger partial charge in [0, 0.05) is 11.3 Å². The van der Waals surface area contributed by atoms with E-state index < -0.39 is 23.5 Å². The molecule has 0 bridgehead atoms. The number of Topliss-reactive ketones (excluding diaryl/α,β-unsaturated/α-hetero) is 1. The third-order valence-corrected chi connectivity index (χ3v) is 5.01. The van der Waals surface area contributed by atoms with Gasteiger partial charge in [0.25, 0.3) is 11.7 Å². The van der Waals surface area contributed by atoms with Crippen LogP contribution >= 0.6 is 0 Å². The summed E-state index contributed by atoms with van der Waals surface area (Å²) in [6.07, 6.45) is 0. The Hall–Kier alpha value is -3.93. The second-order valence-corrected chi connectivity index (χ2v) is 6.79. The lowest BCUT2D eigenvalue weighted by molar-refractivity contribution is -0.132. The average molecular weight is 403 g/mol. The summed E-state index contributed by atoms with van der Waals surface area (Å²) in [6, 6.07) is 19.9. The van der Waals surface area contributed by atoms with E-state index in [0.29, 0.717) is 16.9 Å². The van der Waals surface area contributed by atoms with Gasteiger partial charge in [0.05, 0.1) is 18.7 Å². The number of hydrogen-bond acceptors (Lipinski definition) is 4. The number of rotatable bonds is 4. The van der Waals surface area contributed by atoms with E-state index in [0.717, 1.165) is 0 Å². The third-order valence-electron chi connectivity index (χ3n) is 5.01. The van der Waals surface area contributed by atoms with Gasteiger partial charge < -0.3 is 9.84 Å². The van der Waals surface area contributed by atoms with E-state index >= 15 is 0 Å². The van der Waals surface area contributed by atoms with Crippen molar-refractivity contribution in [1.29, 1.82) is 0 Å². The van der Waals surface area contributed by atoms with Crippen molar-refractivity contribution in [3.63, 3.8) is 0 Å². The Morgan fingerprint density at radius 2 is 1.67 bits per heavy atom. The molecule has 6 heteroatoms. The Bertz CT molecular complexity index is 1140. The van der Waals surface area contributed by atoms with Gasteiger partial charge in [-0.15, -0.1) is 0 Å². The Morgan fingerprint density at radius 1 is 0.967 bits per heavy atom. The number of amides is 1. The number of methoxy groups -OCH3 is 1. The average Bonchev–Trinajstić information content (AvgIpc) is 3.04. The fraction of sp³-hybridized carbons (Fsp3) is 0.0833. The first-order chi connectivity index (χ1) is 14.5. The van der Waals surface area contributed by atoms with Crippen molar-refractivity contribution < 1.29 is 23.8 Å². The van der Waals surface area contributed by atoms with Gasteiger partial charge in [-0.25, -0.2) is 4.39 Å². The van der Waals surface area contributed by atoms with Crippen LogP contribution in [0.5, 0.6) is 5.75 Å². The maximum atomic E-state index is 13.9. The molecule has 0 spiro atoms. The molecule has 1 amide bonds. The number of anilines is 1. The summed E-state index contributed by atoms with van der Waals surface area (Å²) in [6.45, 7) is 0. The van der Waals surface area contributed by atoms with E-state index in [-0.39, 0.29) is 17.0 Å². The Labute approximate surface area is 172 Å². The van der Waals surface area contributed by atoms with Crippen molar-refractivity contribution in [3.05, 3.63) is 101 Å². The number of carbonyl (C=O) groups excluding carboxylic acids is 2. The zero-order valence-electron chi connectivity index (χ0n) is 16.1. The monoisotopic (exact) mass is 403 g/mol. The number of halogens is 1. The van der Waals surface area contributed by atoms with Crippen LogP contribution in [0.25, 0.3) is 5.76 Å². The molecule has 5 nitrogen and oxygen atoms in total. The normalized spacial score (nSPS) is 17.9. The maximum absolute atomic E-state index is 13.9. The van der Waals surface area contributed by atoms with E-state index in [9.17, 15) is 19.1 Å². The molecule has 0 radical (unpaired) electrons. The highest BCUT2D eigenvalue weighted by Gasteiger charge is 2.47. The molecular weight excluding hydrogens is 385 g/mol. The summed E-state index contributed by atoms with van der Waals surface area (Å²) >= 11 is 0. The van der Waals surface area contributed by atoms with Crippen LogP contribution in [-0.2, 0) is 9.59 Å². The number of ketones is 1. The van der Waals surface area contributed by atoms with Gasteiger partial charge in [0.2, 0.25) is 0 Å². The number of hydrogen-bond donors (Lipinski definition) is 1. The standard InChI is InChI=1S/C24H18FNO4/c1-30-19-12-10-15(11-13-19)21-20(22(27)16-6-3-2-4-7-16)23(28)24(29)26(21)18-9-5-8-17(25)14-18/h2-14,21,27H,1H3/b22-20+. The lowest BCUT2D eigenvalue weighted by Crippen LogP contribution is -2.29. The number of nitrogens with zero attached hydrogens (tertiary/aromatic N) is 1. The van der Waals surface area contributed by atoms with Crippen LogP contribution < -0.4 is 9.64 Å². The van der Waals surface area contributed by atoms with Gasteiger partial charge >= 0.3 is 0 Å². The van der Waals surface area contributed by atoms with Gasteiger partial charge in [-0.2, -0.15) is 0 Å². The van der Waals surface area contributed by atoms with Crippen LogP contribution in [0.3, 0.4) is 0 Å². The first kappa shape index (κ1) is 19.4. The predicted molar refractivity (Wildman–Crippen MR) is 111 cm³/mol. The van der Waals surface area contributed by atoms with Crippen LogP contribution in [0.4, 0.5) is 10.1 Å². The largest absolute Gasteiger partial charge is 0.507 e. The minimum absolute atomic E-state index is 0.0550. The van der Waals surface area contributed by atoms with E-state index in [1.54, 1.807) is 60.7 Å². The molecule has 3 aromatic rings. The summed E-state index contributed by atoms with van der Waals surface area (Å²) in [4.78, 5) is 27.1. The topological polar surface area (TPSA) is 66.8 Å². The first-order valence-electron chi connectivity index (χ1n) is 9.27. The highest BCUT2D eigenvalue weighted by atomic mass is 19.1. The summed E-state index contributed by atoms with van der Waals surface area (Å²) < 4.78 is 19.1. The van der Waals surface area contributed by atoms with Crippen molar-refractivity contribution in [3.8, 4) is 5.75 Å². The molecule has 150 valence electrons. The molecule has 0 aromatic heterocycles. The molecule has 0 aliphatic carbocycles. The van der Waals surface area contributed by atoms with Gasteiger partial charge in [0.1, 0.15) is 17.3 Å². The number of ether oxygens (including phenoxy) is 1. The Balaban J connectivity index is 1.94.